The molecule has 54 heteroatoms. The van der Waals surface area contributed by atoms with Gasteiger partial charge in [-0.1, -0.05) is 78.3 Å². The Morgan fingerprint density at radius 2 is 0.758 bits per heavy atom. The van der Waals surface area contributed by atoms with Crippen molar-refractivity contribution in [2.24, 2.45) is 46.4 Å². The van der Waals surface area contributed by atoms with E-state index >= 15 is 0 Å². The van der Waals surface area contributed by atoms with Gasteiger partial charge in [-0.25, -0.2) is 4.79 Å². The largest absolute Gasteiger partial charge is 0.481 e. The molecule has 1 rings (SSSR count). The second kappa shape index (κ2) is 60.4. The number of carbonyl (C=O) groups excluding carboxylic acids is 18. The van der Waals surface area contributed by atoms with Crippen molar-refractivity contribution in [2.75, 3.05) is 38.5 Å². The molecule has 1 aromatic rings. The number of unbranched alkanes of at least 4 members (excludes halogenated alkanes) is 1. The lowest BCUT2D eigenvalue weighted by Crippen LogP contribution is -2.62. The summed E-state index contributed by atoms with van der Waals surface area (Å²) in [5.41, 5.74) is 27.9. The van der Waals surface area contributed by atoms with E-state index in [4.69, 9.17) is 34.1 Å². The Hall–Kier alpha value is -13.5. The Morgan fingerprint density at radius 3 is 1.17 bits per heavy atom. The van der Waals surface area contributed by atoms with Gasteiger partial charge in [-0.2, -0.15) is 12.6 Å². The van der Waals surface area contributed by atoms with E-state index in [1.165, 1.54) is 38.1 Å². The van der Waals surface area contributed by atoms with E-state index in [0.717, 1.165) is 6.92 Å². The van der Waals surface area contributed by atoms with E-state index in [1.54, 1.807) is 33.8 Å². The van der Waals surface area contributed by atoms with Crippen molar-refractivity contribution in [3.8, 4) is 0 Å². The molecule has 18 amide bonds. The molecule has 53 nitrogen and oxygen atoms in total. The van der Waals surface area contributed by atoms with Gasteiger partial charge >= 0.3 is 29.8 Å². The Balaban J connectivity index is 3.69. The number of carbonyl (C=O) groups is 23. The van der Waals surface area contributed by atoms with Crippen LogP contribution in [0.4, 0.5) is 0 Å². The Labute approximate surface area is 762 Å². The number of rotatable bonds is 65. The summed E-state index contributed by atoms with van der Waals surface area (Å²) >= 11 is 4.02. The summed E-state index contributed by atoms with van der Waals surface area (Å²) in [6.07, 6.45) is -10.8. The van der Waals surface area contributed by atoms with Crippen molar-refractivity contribution in [3.05, 3.63) is 35.9 Å². The normalized spacial score (nSPS) is 14.9. The second-order valence-corrected chi connectivity index (χ2v) is 31.8. The van der Waals surface area contributed by atoms with Crippen LogP contribution in [0.2, 0.25) is 0 Å². The molecule has 0 spiro atoms. The number of amides is 18. The summed E-state index contributed by atoms with van der Waals surface area (Å²) in [5.74, 6) is -33.0. The SMILES string of the molecule is CC[C@H](C)[C@H](NC(=O)[C@H](CC(N)=O)NC(=O)[C@H](CCC(=O)O)NC(=O)[C@H](CC(=O)O)NC(=O)[C@H](CC(=O)O)NC(=O)[C@H](CCCCN)NC(=O)[C@@H](NC(=O)[C@H](Cc1ccccc1)NC(=O)[C@H](CC(=O)O)NC(=O)[C@H](CC(C)C)NC(=O)CNC(=O)CNC(=O)[C@H](CCCNC(=N)N)NC(=O)[C@H](CC(C)C)NC(=O)[C@@H](N)CS)[C@@H](C)O)C(=O)N[C@@H](CC(N)=O)C(=O)N[C@@H](CO)C(=O)O. The fourth-order valence-electron chi connectivity index (χ4n) is 12.2. The molecular formula is C78H125N23O30S. The predicted molar refractivity (Wildman–Crippen MR) is 463 cm³/mol. The van der Waals surface area contributed by atoms with Gasteiger partial charge in [-0.15, -0.1) is 0 Å². The molecule has 0 saturated heterocycles. The molecule has 0 unspecified atom stereocenters. The molecule has 0 radical (unpaired) electrons. The van der Waals surface area contributed by atoms with Gasteiger partial charge in [0.05, 0.1) is 63.9 Å². The maximum Gasteiger partial charge on any atom is 0.328 e. The topological polar surface area (TPSA) is 893 Å². The van der Waals surface area contributed by atoms with E-state index in [-0.39, 0.29) is 75.7 Å². The first-order valence-electron chi connectivity index (χ1n) is 41.7. The van der Waals surface area contributed by atoms with Crippen LogP contribution in [-0.2, 0) is 117 Å². The summed E-state index contributed by atoms with van der Waals surface area (Å²) in [5, 5.41) is 115. The molecule has 35 N–H and O–H groups in total. The first-order valence-corrected chi connectivity index (χ1v) is 42.3. The number of thiol groups is 1. The van der Waals surface area contributed by atoms with Crippen LogP contribution in [0.1, 0.15) is 150 Å². The highest BCUT2D eigenvalue weighted by Gasteiger charge is 2.41. The van der Waals surface area contributed by atoms with E-state index in [0.29, 0.717) is 5.56 Å². The molecular weight excluding hydrogens is 1770 g/mol. The number of carboxylic acids is 5. The molecule has 17 atom stereocenters. The monoisotopic (exact) mass is 1900 g/mol. The highest BCUT2D eigenvalue weighted by Crippen LogP contribution is 2.16. The lowest BCUT2D eigenvalue weighted by molar-refractivity contribution is -0.144. The molecule has 0 aromatic heterocycles. The van der Waals surface area contributed by atoms with Crippen LogP contribution >= 0.6 is 12.6 Å². The quantitative estimate of drug-likeness (QED) is 0.0125. The highest BCUT2D eigenvalue weighted by atomic mass is 32.1. The number of primary amides is 2. The lowest BCUT2D eigenvalue weighted by Gasteiger charge is -2.29. The van der Waals surface area contributed by atoms with Gasteiger partial charge in [0.2, 0.25) is 106 Å². The van der Waals surface area contributed by atoms with Crippen LogP contribution in [0.3, 0.4) is 0 Å². The van der Waals surface area contributed by atoms with E-state index in [9.17, 15) is 146 Å². The Morgan fingerprint density at radius 1 is 0.394 bits per heavy atom. The average molecular weight is 1900 g/mol. The van der Waals surface area contributed by atoms with Crippen molar-refractivity contribution in [3.63, 3.8) is 0 Å². The number of guanidine groups is 1. The fraction of sp³-hybridized carbons (Fsp3) is 0.615. The predicted octanol–water partition coefficient (Wildman–Crippen LogP) is -11.5. The molecule has 738 valence electrons. The zero-order valence-electron chi connectivity index (χ0n) is 73.8. The smallest absolute Gasteiger partial charge is 0.328 e. The molecule has 0 aliphatic heterocycles. The maximum atomic E-state index is 14.6. The molecule has 1 aromatic carbocycles. The first kappa shape index (κ1) is 116. The minimum absolute atomic E-state index is 0.0411. The van der Waals surface area contributed by atoms with Crippen molar-refractivity contribution >= 4 is 155 Å². The lowest BCUT2D eigenvalue weighted by atomic mass is 9.97. The van der Waals surface area contributed by atoms with E-state index in [2.05, 4.69) is 87.1 Å². The summed E-state index contributed by atoms with van der Waals surface area (Å²) < 4.78 is 0. The van der Waals surface area contributed by atoms with Crippen LogP contribution in [0.15, 0.2) is 30.3 Å². The number of nitrogens with two attached hydrogens (primary N) is 5. The molecule has 0 heterocycles. The van der Waals surface area contributed by atoms with Crippen LogP contribution in [0, 0.1) is 23.2 Å². The van der Waals surface area contributed by atoms with Gasteiger partial charge in [0.1, 0.15) is 84.6 Å². The zero-order valence-corrected chi connectivity index (χ0v) is 74.7. The van der Waals surface area contributed by atoms with Crippen LogP contribution < -0.4 is 119 Å². The minimum Gasteiger partial charge on any atom is -0.481 e. The Bertz CT molecular complexity index is 4210. The summed E-state index contributed by atoms with van der Waals surface area (Å²) in [6.45, 7) is 7.92. The molecule has 132 heavy (non-hydrogen) atoms. The van der Waals surface area contributed by atoms with Crippen LogP contribution in [0.5, 0.6) is 0 Å². The Kier molecular flexibility index (Phi) is 53.3. The van der Waals surface area contributed by atoms with Crippen molar-refractivity contribution in [1.82, 2.24) is 90.4 Å². The van der Waals surface area contributed by atoms with Crippen molar-refractivity contribution in [2.45, 2.75) is 248 Å². The number of hydrogen-bond donors (Lipinski definition) is 31. The number of benzene rings is 1. The van der Waals surface area contributed by atoms with Gasteiger partial charge in [0.15, 0.2) is 5.96 Å². The fourth-order valence-corrected chi connectivity index (χ4v) is 12.3. The summed E-state index contributed by atoms with van der Waals surface area (Å²) in [7, 11) is 0. The van der Waals surface area contributed by atoms with E-state index < -0.39 is 322 Å². The third kappa shape index (κ3) is 46.1. The zero-order chi connectivity index (χ0) is 101. The van der Waals surface area contributed by atoms with Gasteiger partial charge in [-0.3, -0.25) is 111 Å². The van der Waals surface area contributed by atoms with Gasteiger partial charge in [-0.05, 0) is 88.2 Å². The van der Waals surface area contributed by atoms with Crippen molar-refractivity contribution in [1.29, 1.82) is 5.41 Å². The van der Waals surface area contributed by atoms with Gasteiger partial charge in [0, 0.05) is 25.1 Å². The summed E-state index contributed by atoms with van der Waals surface area (Å²) in [6, 6.07) is -20.2. The third-order valence-corrected chi connectivity index (χ3v) is 19.7. The average Bonchev–Trinajstić information content (AvgIpc) is 0.837. The third-order valence-electron chi connectivity index (χ3n) is 19.3. The molecule has 0 fully saturated rings. The molecule has 0 saturated carbocycles. The van der Waals surface area contributed by atoms with Gasteiger partial charge in [0.25, 0.3) is 0 Å². The van der Waals surface area contributed by atoms with Crippen molar-refractivity contribution < 1.29 is 146 Å². The number of hydrogen-bond acceptors (Lipinski definition) is 29. The number of aliphatic hydroxyl groups is 2. The highest BCUT2D eigenvalue weighted by molar-refractivity contribution is 7.80. The number of carboxylic acid groups (broad SMARTS) is 5. The number of aliphatic hydroxyl groups excluding tert-OH is 2. The number of aliphatic carboxylic acids is 5. The second-order valence-electron chi connectivity index (χ2n) is 31.5. The van der Waals surface area contributed by atoms with Crippen LogP contribution in [0.25, 0.3) is 0 Å². The first-order chi connectivity index (χ1) is 61.8. The molecule has 0 bridgehead atoms. The van der Waals surface area contributed by atoms with Gasteiger partial charge < -0.3 is 155 Å². The summed E-state index contributed by atoms with van der Waals surface area (Å²) in [4.78, 5) is 307. The van der Waals surface area contributed by atoms with E-state index in [1.807, 2.05) is 16.0 Å². The maximum absolute atomic E-state index is 14.6. The minimum atomic E-state index is -2.40. The van der Waals surface area contributed by atoms with Crippen LogP contribution in [-0.4, -0.2) is 313 Å². The standard InChI is InChI=1S/C78H125N23O30S/c1-8-37(6)61(75(128)98-47(26-53(81)104)69(122)99-52(33-102)77(130)131)100-74(127)48(27-54(82)105)94-66(119)43(19-20-57(108)109)90-70(123)49(28-58(110)111)97-72(125)50(29-59(112)113)95-65(118)42(17-12-13-21-79)91-76(129)62(38(7)103)101-73(126)46(25-39-15-10-9-11-16-39)93-71(124)51(30-60(114)115)96-67(120)44(23-35(2)3)88-56(107)32-86-55(106)31-87-64(117)41(18-14-22-85-78(83)84)89-68(121)45(24-36(4)5)92-63(116)40(80)34-132/h9-11,15-16,35-38,40-52,61-62,102-103,132H,8,12-14,17-34,79-80H2,1-7H3,(H2,81,104)(H2,82,105)(H,86,106)(H,87,117)(H,88,107)(H,89,121)(H,90,123)(H,91,129)(H,92,116)(H,93,124)(H,94,119)(H,95,118)(H,96,120)(H,97,125)(H,98,128)(H,99,122)(H,100,127)(H,101,126)(H,108,109)(H,110,111)(H,112,113)(H,114,115)(H,130,131)(H4,83,84,85)/t37-,38+,40-,41-,42-,43-,44-,45-,46-,47-,48-,49-,50-,51-,52-,61-,62-/m0/s1. The molecule has 0 aliphatic carbocycles. The molecule has 0 aliphatic rings. The number of nitrogens with one attached hydrogen (secondary N) is 18.